The van der Waals surface area contributed by atoms with Crippen molar-refractivity contribution in [1.82, 2.24) is 0 Å². The lowest BCUT2D eigenvalue weighted by molar-refractivity contribution is -0.184. The number of para-hydroxylation sites is 1. The Hall–Kier alpha value is -2.92. The molecule has 2 aliphatic heterocycles. The maximum Gasteiger partial charge on any atom is 0.333 e. The quantitative estimate of drug-likeness (QED) is 0.637. The van der Waals surface area contributed by atoms with Crippen molar-refractivity contribution in [3.8, 4) is 0 Å². The van der Waals surface area contributed by atoms with Crippen LogP contribution in [0.3, 0.4) is 0 Å². The van der Waals surface area contributed by atoms with Crippen LogP contribution < -0.4 is 5.06 Å². The molecular weight excluding hydrogens is 318 g/mol. The Morgan fingerprint density at radius 1 is 1.12 bits per heavy atom. The molecule has 0 bridgehead atoms. The monoisotopic (exact) mass is 335 g/mol. The molecule has 5 heteroatoms. The van der Waals surface area contributed by atoms with E-state index in [4.69, 9.17) is 9.57 Å². The van der Waals surface area contributed by atoms with Gasteiger partial charge >= 0.3 is 5.97 Å². The molecule has 0 N–H and O–H groups in total. The minimum Gasteiger partial charge on any atom is -0.424 e. The SMILES string of the molecule is Cc1ccc(C(=O)[C@H]2C[C@]3(C=CC(=O)O3)ON2c2ccccc2)cc1. The molecule has 1 spiro atoms. The molecule has 2 atom stereocenters. The van der Waals surface area contributed by atoms with Crippen LogP contribution in [0.1, 0.15) is 22.3 Å². The third kappa shape index (κ3) is 2.83. The topological polar surface area (TPSA) is 55.8 Å². The van der Waals surface area contributed by atoms with Crippen molar-refractivity contribution in [3.63, 3.8) is 0 Å². The van der Waals surface area contributed by atoms with E-state index in [1.165, 1.54) is 6.08 Å². The lowest BCUT2D eigenvalue weighted by Gasteiger charge is -2.24. The molecule has 2 aliphatic rings. The van der Waals surface area contributed by atoms with Crippen molar-refractivity contribution in [2.24, 2.45) is 0 Å². The fourth-order valence-electron chi connectivity index (χ4n) is 3.13. The maximum absolute atomic E-state index is 13.1. The number of hydrogen-bond donors (Lipinski definition) is 0. The van der Waals surface area contributed by atoms with Gasteiger partial charge in [-0.1, -0.05) is 48.0 Å². The van der Waals surface area contributed by atoms with Crippen LogP contribution in [0.15, 0.2) is 66.7 Å². The van der Waals surface area contributed by atoms with Gasteiger partial charge in [0.15, 0.2) is 5.78 Å². The summed E-state index contributed by atoms with van der Waals surface area (Å²) in [5, 5.41) is 1.55. The number of ketones is 1. The van der Waals surface area contributed by atoms with E-state index >= 15 is 0 Å². The van der Waals surface area contributed by atoms with Gasteiger partial charge in [0, 0.05) is 18.1 Å². The van der Waals surface area contributed by atoms with E-state index in [1.807, 2.05) is 61.5 Å². The Bertz CT molecular complexity index is 844. The van der Waals surface area contributed by atoms with Gasteiger partial charge in [-0.2, -0.15) is 0 Å². The zero-order chi connectivity index (χ0) is 17.4. The largest absolute Gasteiger partial charge is 0.424 e. The smallest absolute Gasteiger partial charge is 0.333 e. The van der Waals surface area contributed by atoms with E-state index in [0.29, 0.717) is 5.56 Å². The standard InChI is InChI=1S/C20H17NO4/c1-14-7-9-15(10-8-14)19(23)17-13-20(12-11-18(22)24-20)25-21(17)16-5-3-2-4-6-16/h2-12,17H,13H2,1H3/t17-,20+/m1/s1. The number of rotatable bonds is 3. The third-order valence-corrected chi connectivity index (χ3v) is 4.41. The van der Waals surface area contributed by atoms with Crippen LogP contribution in [0.5, 0.6) is 0 Å². The lowest BCUT2D eigenvalue weighted by Crippen LogP contribution is -2.35. The minimum absolute atomic E-state index is 0.0722. The second-order valence-electron chi connectivity index (χ2n) is 6.27. The van der Waals surface area contributed by atoms with Crippen molar-refractivity contribution in [2.75, 3.05) is 5.06 Å². The normalized spacial score (nSPS) is 24.8. The van der Waals surface area contributed by atoms with E-state index in [1.54, 1.807) is 11.1 Å². The number of hydroxylamine groups is 1. The molecule has 0 radical (unpaired) electrons. The van der Waals surface area contributed by atoms with Crippen LogP contribution in [-0.2, 0) is 14.4 Å². The fraction of sp³-hybridized carbons (Fsp3) is 0.200. The van der Waals surface area contributed by atoms with E-state index in [-0.39, 0.29) is 12.2 Å². The summed E-state index contributed by atoms with van der Waals surface area (Å²) in [6.45, 7) is 1.97. The Morgan fingerprint density at radius 3 is 2.48 bits per heavy atom. The summed E-state index contributed by atoms with van der Waals surface area (Å²) >= 11 is 0. The van der Waals surface area contributed by atoms with Gasteiger partial charge in [-0.25, -0.2) is 14.7 Å². The van der Waals surface area contributed by atoms with E-state index in [2.05, 4.69) is 0 Å². The molecule has 0 unspecified atom stereocenters. The highest BCUT2D eigenvalue weighted by Gasteiger charge is 2.52. The van der Waals surface area contributed by atoms with Gasteiger partial charge < -0.3 is 4.74 Å². The molecule has 5 nitrogen and oxygen atoms in total. The van der Waals surface area contributed by atoms with Crippen LogP contribution in [0.4, 0.5) is 5.69 Å². The molecule has 0 amide bonds. The lowest BCUT2D eigenvalue weighted by atomic mass is 9.97. The average Bonchev–Trinajstić information content (AvgIpc) is 3.19. The fourth-order valence-corrected chi connectivity index (χ4v) is 3.13. The van der Waals surface area contributed by atoms with Gasteiger partial charge in [-0.3, -0.25) is 4.79 Å². The minimum atomic E-state index is -1.21. The number of nitrogens with zero attached hydrogens (tertiary/aromatic N) is 1. The third-order valence-electron chi connectivity index (χ3n) is 4.41. The Morgan fingerprint density at radius 2 is 1.84 bits per heavy atom. The van der Waals surface area contributed by atoms with E-state index in [0.717, 1.165) is 11.3 Å². The molecule has 0 aliphatic carbocycles. The second kappa shape index (κ2) is 5.86. The van der Waals surface area contributed by atoms with Crippen LogP contribution in [0.2, 0.25) is 0 Å². The summed E-state index contributed by atoms with van der Waals surface area (Å²) in [5.74, 6) is -1.74. The predicted molar refractivity (Wildman–Crippen MR) is 91.9 cm³/mol. The Kier molecular flexibility index (Phi) is 3.66. The molecule has 1 saturated heterocycles. The second-order valence-corrected chi connectivity index (χ2v) is 6.27. The maximum atomic E-state index is 13.1. The van der Waals surface area contributed by atoms with Gasteiger partial charge in [0.25, 0.3) is 5.79 Å². The average molecular weight is 335 g/mol. The molecule has 2 aromatic carbocycles. The number of aryl methyl sites for hydroxylation is 1. The Balaban J connectivity index is 1.70. The molecule has 1 fully saturated rings. The zero-order valence-corrected chi connectivity index (χ0v) is 13.7. The number of anilines is 1. The first kappa shape index (κ1) is 15.6. The molecule has 25 heavy (non-hydrogen) atoms. The molecule has 4 rings (SSSR count). The van der Waals surface area contributed by atoms with Crippen molar-refractivity contribution in [2.45, 2.75) is 25.2 Å². The molecule has 0 aromatic heterocycles. The van der Waals surface area contributed by atoms with Gasteiger partial charge in [-0.05, 0) is 25.1 Å². The van der Waals surface area contributed by atoms with Crippen molar-refractivity contribution >= 4 is 17.4 Å². The number of Topliss-reactive ketones (excluding diaryl/α,β-unsaturated/α-hetero) is 1. The first-order chi connectivity index (χ1) is 12.1. The summed E-state index contributed by atoms with van der Waals surface area (Å²) in [4.78, 5) is 30.5. The molecule has 2 heterocycles. The van der Waals surface area contributed by atoms with Crippen LogP contribution in [-0.4, -0.2) is 23.6 Å². The summed E-state index contributed by atoms with van der Waals surface area (Å²) in [7, 11) is 0. The summed E-state index contributed by atoms with van der Waals surface area (Å²) < 4.78 is 5.33. The van der Waals surface area contributed by atoms with Gasteiger partial charge in [-0.15, -0.1) is 0 Å². The number of hydrogen-bond acceptors (Lipinski definition) is 5. The molecule has 126 valence electrons. The molecule has 0 saturated carbocycles. The van der Waals surface area contributed by atoms with Crippen molar-refractivity contribution in [1.29, 1.82) is 0 Å². The number of carbonyl (C=O) groups is 2. The highest BCUT2D eigenvalue weighted by molar-refractivity contribution is 6.02. The first-order valence-electron chi connectivity index (χ1n) is 8.13. The highest BCUT2D eigenvalue weighted by atomic mass is 16.8. The van der Waals surface area contributed by atoms with Gasteiger partial charge in [0.05, 0.1) is 5.69 Å². The van der Waals surface area contributed by atoms with Crippen LogP contribution in [0, 0.1) is 6.92 Å². The van der Waals surface area contributed by atoms with Crippen LogP contribution in [0.25, 0.3) is 0 Å². The predicted octanol–water partition coefficient (Wildman–Crippen LogP) is 3.20. The molecular formula is C20H17NO4. The van der Waals surface area contributed by atoms with Crippen LogP contribution >= 0.6 is 0 Å². The number of ether oxygens (including phenoxy) is 1. The van der Waals surface area contributed by atoms with E-state index < -0.39 is 17.8 Å². The number of benzene rings is 2. The number of carbonyl (C=O) groups excluding carboxylic acids is 2. The first-order valence-corrected chi connectivity index (χ1v) is 8.13. The highest BCUT2D eigenvalue weighted by Crippen LogP contribution is 2.40. The summed E-state index contributed by atoms with van der Waals surface area (Å²) in [6, 6.07) is 16.2. The number of esters is 1. The van der Waals surface area contributed by atoms with Crippen molar-refractivity contribution < 1.29 is 19.2 Å². The van der Waals surface area contributed by atoms with E-state index in [9.17, 15) is 9.59 Å². The summed E-state index contributed by atoms with van der Waals surface area (Å²) in [6.07, 6.45) is 3.16. The Labute approximate surface area is 145 Å². The van der Waals surface area contributed by atoms with Crippen molar-refractivity contribution in [3.05, 3.63) is 77.9 Å². The summed E-state index contributed by atoms with van der Waals surface area (Å²) in [5.41, 5.74) is 2.43. The molecule has 2 aromatic rings. The van der Waals surface area contributed by atoms with Gasteiger partial charge in [0.1, 0.15) is 6.04 Å². The van der Waals surface area contributed by atoms with Gasteiger partial charge in [0.2, 0.25) is 0 Å². The zero-order valence-electron chi connectivity index (χ0n) is 13.7.